The van der Waals surface area contributed by atoms with E-state index in [9.17, 15) is 0 Å². The van der Waals surface area contributed by atoms with E-state index in [-0.39, 0.29) is 17.7 Å². The summed E-state index contributed by atoms with van der Waals surface area (Å²) >= 11 is 22.6. The van der Waals surface area contributed by atoms with Crippen LogP contribution in [0.5, 0.6) is 0 Å². The van der Waals surface area contributed by atoms with Gasteiger partial charge in [0, 0.05) is 0 Å². The van der Waals surface area contributed by atoms with Gasteiger partial charge in [0.2, 0.25) is 16.2 Å². The van der Waals surface area contributed by atoms with Crippen molar-refractivity contribution in [1.29, 1.82) is 0 Å². The van der Waals surface area contributed by atoms with E-state index >= 15 is 0 Å². The van der Waals surface area contributed by atoms with E-state index < -0.39 is 9.17 Å². The third kappa shape index (κ3) is 2.42. The molecule has 78 valence electrons. The number of hydrogen-bond acceptors (Lipinski definition) is 5. The molecule has 0 saturated carbocycles. The van der Waals surface area contributed by atoms with Gasteiger partial charge in [0.25, 0.3) is 0 Å². The summed E-state index contributed by atoms with van der Waals surface area (Å²) in [4.78, 5) is 9.76. The zero-order valence-electron chi connectivity index (χ0n) is 6.59. The van der Waals surface area contributed by atoms with Crippen molar-refractivity contribution in [3.05, 3.63) is 5.82 Å². The van der Waals surface area contributed by atoms with Gasteiger partial charge >= 0.3 is 0 Å². The van der Waals surface area contributed by atoms with Gasteiger partial charge < -0.3 is 11.5 Å². The molecule has 0 bridgehead atoms. The first-order chi connectivity index (χ1) is 6.34. The quantitative estimate of drug-likeness (QED) is 0.799. The maximum absolute atomic E-state index is 5.78. The Kier molecular flexibility index (Phi) is 3.47. The summed E-state index contributed by atoms with van der Waals surface area (Å²) < 4.78 is -1.67. The van der Waals surface area contributed by atoms with Crippen LogP contribution in [0, 0.1) is 0 Å². The molecule has 1 heterocycles. The molecule has 0 unspecified atom stereocenters. The number of nitrogens with two attached hydrogens (primary N) is 2. The highest BCUT2D eigenvalue weighted by molar-refractivity contribution is 6.59. The molecular weight excluding hydrogens is 272 g/mol. The fourth-order valence-corrected chi connectivity index (χ4v) is 1.02. The minimum atomic E-state index is -1.67. The largest absolute Gasteiger partial charge is 0.368 e. The summed E-state index contributed by atoms with van der Waals surface area (Å²) in [5.74, 6) is -0.292. The average Bonchev–Trinajstić information content (AvgIpc) is 2.01. The number of halogens is 4. The van der Waals surface area contributed by atoms with Crippen LogP contribution in [0.1, 0.15) is 5.82 Å². The van der Waals surface area contributed by atoms with Gasteiger partial charge in [-0.25, -0.2) is 0 Å². The highest BCUT2D eigenvalue weighted by Gasteiger charge is 2.38. The van der Waals surface area contributed by atoms with Crippen molar-refractivity contribution in [2.75, 3.05) is 11.5 Å². The van der Waals surface area contributed by atoms with Crippen molar-refractivity contribution in [3.63, 3.8) is 0 Å². The van der Waals surface area contributed by atoms with Crippen molar-refractivity contribution in [2.24, 2.45) is 0 Å². The van der Waals surface area contributed by atoms with Crippen LogP contribution in [0.15, 0.2) is 0 Å². The Labute approximate surface area is 99.7 Å². The second-order valence-corrected chi connectivity index (χ2v) is 4.78. The number of nitrogens with zero attached hydrogens (tertiary/aromatic N) is 3. The third-order valence-corrected chi connectivity index (χ3v) is 3.12. The zero-order chi connectivity index (χ0) is 10.9. The monoisotopic (exact) mass is 275 g/mol. The van der Waals surface area contributed by atoms with Crippen molar-refractivity contribution in [3.8, 4) is 0 Å². The van der Waals surface area contributed by atoms with Gasteiger partial charge in [-0.1, -0.05) is 23.2 Å². The van der Waals surface area contributed by atoms with E-state index in [1.807, 2.05) is 0 Å². The molecule has 0 atom stereocenters. The molecule has 9 heteroatoms. The molecule has 1 aromatic rings. The Morgan fingerprint density at radius 2 is 1.43 bits per heavy atom. The molecule has 1 aromatic heterocycles. The number of hydrogen-bond donors (Lipinski definition) is 2. The number of aromatic nitrogens is 3. The van der Waals surface area contributed by atoms with Gasteiger partial charge in [-0.15, -0.1) is 23.2 Å². The van der Waals surface area contributed by atoms with Gasteiger partial charge in [-0.05, 0) is 0 Å². The van der Waals surface area contributed by atoms with E-state index in [0.717, 1.165) is 0 Å². The van der Waals surface area contributed by atoms with E-state index in [2.05, 4.69) is 15.0 Å². The van der Waals surface area contributed by atoms with Crippen LogP contribution in [0.2, 0.25) is 0 Å². The molecule has 0 aliphatic rings. The lowest BCUT2D eigenvalue weighted by Crippen LogP contribution is -2.24. The maximum atomic E-state index is 5.78. The summed E-state index contributed by atoms with van der Waals surface area (Å²) in [6, 6.07) is 0. The van der Waals surface area contributed by atoms with E-state index in [1.54, 1.807) is 0 Å². The molecular formula is C5H5Cl4N5. The van der Waals surface area contributed by atoms with Crippen LogP contribution >= 0.6 is 46.4 Å². The van der Waals surface area contributed by atoms with Crippen LogP contribution in [0.3, 0.4) is 0 Å². The van der Waals surface area contributed by atoms with Gasteiger partial charge in [0.1, 0.15) is 4.84 Å². The Hall–Kier alpha value is -0.230. The highest BCUT2D eigenvalue weighted by Crippen LogP contribution is 2.40. The predicted octanol–water partition coefficient (Wildman–Crippen LogP) is 1.47. The van der Waals surface area contributed by atoms with Crippen LogP contribution in [-0.2, 0) is 4.33 Å². The van der Waals surface area contributed by atoms with Crippen LogP contribution in [0.4, 0.5) is 11.9 Å². The summed E-state index contributed by atoms with van der Waals surface area (Å²) in [6.07, 6.45) is 0. The molecule has 0 radical (unpaired) electrons. The first kappa shape index (κ1) is 11.8. The standard InChI is InChI=1S/C5H5Cl4N5/c6-1(7)5(8,9)2-12-3(10)14-4(11)13-2/h1H,(H4,10,11,12,13,14). The molecule has 1 rings (SSSR count). The van der Waals surface area contributed by atoms with E-state index in [0.29, 0.717) is 0 Å². The minimum absolute atomic E-state index is 0.0826. The normalized spacial score (nSPS) is 12.1. The Morgan fingerprint density at radius 3 is 1.79 bits per heavy atom. The molecule has 0 fully saturated rings. The van der Waals surface area contributed by atoms with Crippen molar-refractivity contribution >= 4 is 58.3 Å². The lowest BCUT2D eigenvalue weighted by Gasteiger charge is -2.18. The lowest BCUT2D eigenvalue weighted by molar-refractivity contribution is 0.810. The first-order valence-electron chi connectivity index (χ1n) is 3.27. The van der Waals surface area contributed by atoms with Crippen LogP contribution in [-0.4, -0.2) is 19.8 Å². The van der Waals surface area contributed by atoms with E-state index in [1.165, 1.54) is 0 Å². The number of anilines is 2. The molecule has 0 saturated heterocycles. The smallest absolute Gasteiger partial charge is 0.225 e. The molecule has 0 amide bonds. The SMILES string of the molecule is Nc1nc(N)nc(C(Cl)(Cl)C(Cl)Cl)n1. The van der Waals surface area contributed by atoms with Crippen molar-refractivity contribution in [2.45, 2.75) is 9.17 Å². The molecule has 14 heavy (non-hydrogen) atoms. The van der Waals surface area contributed by atoms with Gasteiger partial charge in [-0.2, -0.15) is 15.0 Å². The van der Waals surface area contributed by atoms with Gasteiger partial charge in [0.15, 0.2) is 5.82 Å². The van der Waals surface area contributed by atoms with Crippen molar-refractivity contribution in [1.82, 2.24) is 15.0 Å². The summed E-state index contributed by atoms with van der Waals surface area (Å²) in [5, 5.41) is 0. The molecule has 0 aromatic carbocycles. The fraction of sp³-hybridized carbons (Fsp3) is 0.400. The van der Waals surface area contributed by atoms with Crippen LogP contribution < -0.4 is 11.5 Å². The zero-order valence-corrected chi connectivity index (χ0v) is 9.61. The highest BCUT2D eigenvalue weighted by atomic mass is 35.5. The lowest BCUT2D eigenvalue weighted by atomic mass is 10.4. The third-order valence-electron chi connectivity index (χ3n) is 1.24. The number of nitrogen functional groups attached to an aromatic ring is 2. The second kappa shape index (κ2) is 4.10. The summed E-state index contributed by atoms with van der Waals surface area (Å²) in [5.41, 5.74) is 10.6. The number of alkyl halides is 4. The Bertz CT molecular complexity index is 321. The molecule has 0 spiro atoms. The molecule has 4 N–H and O–H groups in total. The Balaban J connectivity index is 3.18. The second-order valence-electron chi connectivity index (χ2n) is 2.30. The summed E-state index contributed by atoms with van der Waals surface area (Å²) in [6.45, 7) is 0. The van der Waals surface area contributed by atoms with Crippen molar-refractivity contribution < 1.29 is 0 Å². The maximum Gasteiger partial charge on any atom is 0.225 e. The Morgan fingerprint density at radius 1 is 1.00 bits per heavy atom. The van der Waals surface area contributed by atoms with E-state index in [4.69, 9.17) is 57.9 Å². The molecule has 0 aliphatic heterocycles. The summed E-state index contributed by atoms with van der Waals surface area (Å²) in [7, 11) is 0. The first-order valence-corrected chi connectivity index (χ1v) is 4.90. The van der Waals surface area contributed by atoms with Gasteiger partial charge in [0.05, 0.1) is 0 Å². The number of rotatable bonds is 2. The molecule has 0 aliphatic carbocycles. The molecule has 5 nitrogen and oxygen atoms in total. The van der Waals surface area contributed by atoms with Gasteiger partial charge in [-0.3, -0.25) is 0 Å². The predicted molar refractivity (Wildman–Crippen MR) is 57.5 cm³/mol. The minimum Gasteiger partial charge on any atom is -0.368 e. The topological polar surface area (TPSA) is 90.7 Å². The van der Waals surface area contributed by atoms with Crippen LogP contribution in [0.25, 0.3) is 0 Å². The average molecular weight is 277 g/mol. The fourth-order valence-electron chi connectivity index (χ4n) is 0.656.